The fourth-order valence-electron chi connectivity index (χ4n) is 3.67. The fraction of sp³-hybridized carbons (Fsp3) is 0.273. The quantitative estimate of drug-likeness (QED) is 0.657. The van der Waals surface area contributed by atoms with Gasteiger partial charge in [0.1, 0.15) is 5.75 Å². The zero-order chi connectivity index (χ0) is 18.8. The van der Waals surface area contributed by atoms with E-state index in [0.717, 1.165) is 12.8 Å². The van der Waals surface area contributed by atoms with E-state index in [-0.39, 0.29) is 12.5 Å². The lowest BCUT2D eigenvalue weighted by Gasteiger charge is -2.16. The molecule has 4 rings (SSSR count). The number of nitrogens with zero attached hydrogens (tertiary/aromatic N) is 1. The first-order valence-electron chi connectivity index (χ1n) is 9.13. The summed E-state index contributed by atoms with van der Waals surface area (Å²) in [5.41, 5.74) is 3.72. The van der Waals surface area contributed by atoms with Crippen LogP contribution in [0.15, 0.2) is 48.7 Å². The molecule has 0 unspecified atom stereocenters. The molecule has 0 aliphatic heterocycles. The molecule has 0 N–H and O–H groups in total. The Hall–Kier alpha value is -3.08. The first-order chi connectivity index (χ1) is 13.2. The van der Waals surface area contributed by atoms with Gasteiger partial charge in [0, 0.05) is 11.6 Å². The lowest BCUT2D eigenvalue weighted by molar-refractivity contribution is 0.0603. The van der Waals surface area contributed by atoms with E-state index in [1.165, 1.54) is 41.8 Å². The van der Waals surface area contributed by atoms with Crippen molar-refractivity contribution in [2.45, 2.75) is 25.7 Å². The number of ether oxygens (including phenoxy) is 2. The Morgan fingerprint density at radius 3 is 2.63 bits per heavy atom. The highest BCUT2D eigenvalue weighted by atomic mass is 16.5. The number of aromatic nitrogens is 1. The number of methoxy groups -OCH3 is 1. The lowest BCUT2D eigenvalue weighted by atomic mass is 9.92. The number of hydrogen-bond acceptors (Lipinski definition) is 4. The van der Waals surface area contributed by atoms with Gasteiger partial charge in [-0.2, -0.15) is 0 Å². The van der Waals surface area contributed by atoms with Crippen molar-refractivity contribution < 1.29 is 19.1 Å². The van der Waals surface area contributed by atoms with Crippen LogP contribution in [0.4, 0.5) is 0 Å². The molecule has 0 bridgehead atoms. The molecule has 3 aromatic rings. The molecule has 1 aliphatic rings. The summed E-state index contributed by atoms with van der Waals surface area (Å²) < 4.78 is 12.0. The molecule has 0 atom stereocenters. The van der Waals surface area contributed by atoms with Gasteiger partial charge in [-0.25, -0.2) is 4.79 Å². The van der Waals surface area contributed by atoms with Crippen molar-refractivity contribution in [3.05, 3.63) is 65.4 Å². The summed E-state index contributed by atoms with van der Waals surface area (Å²) in [6.07, 6.45) is 6.12. The van der Waals surface area contributed by atoms with E-state index < -0.39 is 5.97 Å². The molecule has 5 heteroatoms. The van der Waals surface area contributed by atoms with Crippen molar-refractivity contribution in [2.24, 2.45) is 0 Å². The zero-order valence-electron chi connectivity index (χ0n) is 15.2. The average Bonchev–Trinajstić information content (AvgIpc) is 3.11. The fourth-order valence-corrected chi connectivity index (χ4v) is 3.67. The van der Waals surface area contributed by atoms with Crippen LogP contribution in [0.25, 0.3) is 10.9 Å². The van der Waals surface area contributed by atoms with Crippen molar-refractivity contribution in [1.29, 1.82) is 0 Å². The number of para-hydroxylation sites is 1. The topological polar surface area (TPSA) is 57.5 Å². The molecule has 5 nitrogen and oxygen atoms in total. The first kappa shape index (κ1) is 17.3. The van der Waals surface area contributed by atoms with Gasteiger partial charge >= 0.3 is 5.97 Å². The average molecular weight is 363 g/mol. The normalized spacial score (nSPS) is 13.2. The van der Waals surface area contributed by atoms with Gasteiger partial charge in [-0.05, 0) is 55.0 Å². The molecular formula is C22H21NO4. The van der Waals surface area contributed by atoms with Crippen LogP contribution in [0.3, 0.4) is 0 Å². The Morgan fingerprint density at radius 1 is 1.04 bits per heavy atom. The van der Waals surface area contributed by atoms with Crippen molar-refractivity contribution in [3.63, 3.8) is 0 Å². The zero-order valence-corrected chi connectivity index (χ0v) is 15.2. The van der Waals surface area contributed by atoms with E-state index in [4.69, 9.17) is 9.47 Å². The highest BCUT2D eigenvalue weighted by Crippen LogP contribution is 2.26. The van der Waals surface area contributed by atoms with Gasteiger partial charge in [-0.1, -0.05) is 24.3 Å². The van der Waals surface area contributed by atoms with E-state index >= 15 is 0 Å². The van der Waals surface area contributed by atoms with Gasteiger partial charge < -0.3 is 9.47 Å². The molecule has 0 amide bonds. The molecule has 1 aromatic heterocycles. The SMILES string of the molecule is COC(=O)c1cn(C(=O)COc2ccc3c(c2)CCCC3)c2ccccc12. The molecule has 0 fully saturated rings. The third-order valence-electron chi connectivity index (χ3n) is 5.07. The third kappa shape index (κ3) is 3.33. The second-order valence-electron chi connectivity index (χ2n) is 6.74. The third-order valence-corrected chi connectivity index (χ3v) is 5.07. The highest BCUT2D eigenvalue weighted by Gasteiger charge is 2.19. The van der Waals surface area contributed by atoms with Gasteiger partial charge in [-0.3, -0.25) is 9.36 Å². The number of hydrogen-bond donors (Lipinski definition) is 0. The Balaban J connectivity index is 1.56. The minimum absolute atomic E-state index is 0.0991. The minimum Gasteiger partial charge on any atom is -0.484 e. The van der Waals surface area contributed by atoms with Gasteiger partial charge in [0.2, 0.25) is 0 Å². The minimum atomic E-state index is -0.464. The summed E-state index contributed by atoms with van der Waals surface area (Å²) in [4.78, 5) is 24.7. The summed E-state index contributed by atoms with van der Waals surface area (Å²) in [6, 6.07) is 13.3. The molecule has 0 saturated carbocycles. The maximum atomic E-state index is 12.7. The number of carbonyl (C=O) groups excluding carboxylic acids is 2. The van der Waals surface area contributed by atoms with Crippen LogP contribution in [-0.4, -0.2) is 30.2 Å². The number of carbonyl (C=O) groups is 2. The second kappa shape index (κ2) is 7.27. The number of rotatable bonds is 4. The molecule has 1 heterocycles. The standard InChI is InChI=1S/C22H21NO4/c1-26-22(25)19-13-23(20-9-5-4-8-18(19)20)21(24)14-27-17-11-10-15-6-2-3-7-16(15)12-17/h4-5,8-13H,2-3,6-7,14H2,1H3. The van der Waals surface area contributed by atoms with Crippen molar-refractivity contribution in [2.75, 3.05) is 13.7 Å². The molecule has 138 valence electrons. The predicted molar refractivity (Wildman–Crippen MR) is 102 cm³/mol. The first-order valence-corrected chi connectivity index (χ1v) is 9.13. The Morgan fingerprint density at radius 2 is 1.81 bits per heavy atom. The summed E-state index contributed by atoms with van der Waals surface area (Å²) >= 11 is 0. The number of benzene rings is 2. The highest BCUT2D eigenvalue weighted by molar-refractivity contribution is 6.07. The number of aryl methyl sites for hydroxylation is 2. The molecule has 0 saturated heterocycles. The Labute approximate surface area is 157 Å². The van der Waals surface area contributed by atoms with Gasteiger partial charge in [0.15, 0.2) is 6.61 Å². The van der Waals surface area contributed by atoms with E-state index in [2.05, 4.69) is 6.07 Å². The molecule has 2 aromatic carbocycles. The summed E-state index contributed by atoms with van der Waals surface area (Å²) in [5.74, 6) is 0.00100. The molecule has 1 aliphatic carbocycles. The summed E-state index contributed by atoms with van der Waals surface area (Å²) in [6.45, 7) is -0.0991. The molecule has 27 heavy (non-hydrogen) atoms. The van der Waals surface area contributed by atoms with Crippen LogP contribution in [0.5, 0.6) is 5.75 Å². The molecule has 0 radical (unpaired) electrons. The molecular weight excluding hydrogens is 342 g/mol. The summed E-state index contributed by atoms with van der Waals surface area (Å²) in [5, 5.41) is 0.687. The maximum absolute atomic E-state index is 12.7. The Bertz CT molecular complexity index is 1020. The smallest absolute Gasteiger partial charge is 0.340 e. The van der Waals surface area contributed by atoms with E-state index in [1.54, 1.807) is 12.1 Å². The largest absolute Gasteiger partial charge is 0.484 e. The van der Waals surface area contributed by atoms with Crippen LogP contribution in [0.2, 0.25) is 0 Å². The van der Waals surface area contributed by atoms with Gasteiger partial charge in [-0.15, -0.1) is 0 Å². The monoisotopic (exact) mass is 363 g/mol. The lowest BCUT2D eigenvalue weighted by Crippen LogP contribution is -2.18. The van der Waals surface area contributed by atoms with Crippen molar-refractivity contribution in [1.82, 2.24) is 4.57 Å². The van der Waals surface area contributed by atoms with Crippen LogP contribution in [0.1, 0.15) is 39.1 Å². The molecule has 0 spiro atoms. The van der Waals surface area contributed by atoms with E-state index in [9.17, 15) is 9.59 Å². The van der Waals surface area contributed by atoms with Crippen molar-refractivity contribution in [3.8, 4) is 5.75 Å². The maximum Gasteiger partial charge on any atom is 0.340 e. The van der Waals surface area contributed by atoms with Crippen LogP contribution < -0.4 is 4.74 Å². The predicted octanol–water partition coefficient (Wildman–Crippen LogP) is 4.03. The van der Waals surface area contributed by atoms with E-state index in [0.29, 0.717) is 22.2 Å². The second-order valence-corrected chi connectivity index (χ2v) is 6.74. The van der Waals surface area contributed by atoms with Crippen molar-refractivity contribution >= 4 is 22.8 Å². The number of esters is 1. The summed E-state index contributed by atoms with van der Waals surface area (Å²) in [7, 11) is 1.33. The number of fused-ring (bicyclic) bond motifs is 2. The Kier molecular flexibility index (Phi) is 4.67. The van der Waals surface area contributed by atoms with E-state index in [1.807, 2.05) is 24.3 Å². The van der Waals surface area contributed by atoms with Crippen LogP contribution in [0, 0.1) is 0 Å². The van der Waals surface area contributed by atoms with Crippen LogP contribution in [-0.2, 0) is 17.6 Å². The van der Waals surface area contributed by atoms with Crippen LogP contribution >= 0.6 is 0 Å². The van der Waals surface area contributed by atoms with Gasteiger partial charge in [0.25, 0.3) is 5.91 Å². The van der Waals surface area contributed by atoms with Gasteiger partial charge in [0.05, 0.1) is 18.2 Å².